The van der Waals surface area contributed by atoms with Crippen molar-refractivity contribution in [1.29, 1.82) is 0 Å². The molecule has 10 heteroatoms. The van der Waals surface area contributed by atoms with Crippen LogP contribution in [0.3, 0.4) is 0 Å². The molecule has 35 heavy (non-hydrogen) atoms. The number of carbonyl (C=O) groups is 2. The average Bonchev–Trinajstić information content (AvgIpc) is 2.72. The molecule has 0 aromatic rings. The van der Waals surface area contributed by atoms with Gasteiger partial charge in [0.2, 0.25) is 5.91 Å². The second-order valence-electron chi connectivity index (χ2n) is 9.41. The first-order valence-corrected chi connectivity index (χ1v) is 14.3. The van der Waals surface area contributed by atoms with Gasteiger partial charge in [0.1, 0.15) is 5.72 Å². The SMILES string of the molecule is CCCCCCCC/C=C\CCCCCCCCOC(=O)CC(C(=O)NC(C)(C)O)S(=O)(=O)O.[H-].[Na+]. The van der Waals surface area contributed by atoms with Crippen LogP contribution in [0.4, 0.5) is 0 Å². The molecule has 0 aromatic heterocycles. The summed E-state index contributed by atoms with van der Waals surface area (Å²) in [5.41, 5.74) is -1.69. The van der Waals surface area contributed by atoms with Crippen LogP contribution in [0.1, 0.15) is 119 Å². The first kappa shape index (κ1) is 36.7. The number of ether oxygens (including phenoxy) is 1. The number of aliphatic hydroxyl groups is 1. The third kappa shape index (κ3) is 23.7. The molecular weight excluding hydrogens is 481 g/mol. The van der Waals surface area contributed by atoms with Crippen LogP contribution in [-0.2, 0) is 24.4 Å². The van der Waals surface area contributed by atoms with E-state index in [9.17, 15) is 27.7 Å². The number of nitrogens with one attached hydrogen (secondary N) is 1. The number of amides is 1. The molecule has 1 unspecified atom stereocenters. The quantitative estimate of drug-likeness (QED) is 0.0519. The minimum absolute atomic E-state index is 0. The van der Waals surface area contributed by atoms with Crippen molar-refractivity contribution < 1.29 is 63.4 Å². The minimum Gasteiger partial charge on any atom is -1.00 e. The van der Waals surface area contributed by atoms with Crippen LogP contribution in [0.2, 0.25) is 0 Å². The van der Waals surface area contributed by atoms with E-state index in [2.05, 4.69) is 19.1 Å². The molecule has 0 fully saturated rings. The molecule has 3 N–H and O–H groups in total. The van der Waals surface area contributed by atoms with E-state index < -0.39 is 39.4 Å². The van der Waals surface area contributed by atoms with Crippen LogP contribution in [0.5, 0.6) is 0 Å². The number of allylic oxidation sites excluding steroid dienone is 2. The molecule has 0 saturated heterocycles. The summed E-state index contributed by atoms with van der Waals surface area (Å²) in [7, 11) is -4.82. The standard InChI is InChI=1S/C25H47NO7S.Na.H/c1-4-5-6-7-8-9-10-11-12-13-14-15-16-17-18-19-20-33-23(27)21-22(34(30,31)32)24(28)26-25(2,3)29;;/h11-12,22,29H,4-10,13-21H2,1-3H3,(H,26,28)(H,30,31,32);;/q;+1;-1/b12-11-;;. The summed E-state index contributed by atoms with van der Waals surface area (Å²) in [6.45, 7) is 4.84. The van der Waals surface area contributed by atoms with Crippen molar-refractivity contribution in [2.24, 2.45) is 0 Å². The Kier molecular flexibility index (Phi) is 22.7. The molecule has 202 valence electrons. The van der Waals surface area contributed by atoms with Gasteiger partial charge < -0.3 is 16.6 Å². The third-order valence-electron chi connectivity index (χ3n) is 5.35. The van der Waals surface area contributed by atoms with Gasteiger partial charge in [-0.05, 0) is 46.0 Å². The first-order chi connectivity index (χ1) is 16.0. The van der Waals surface area contributed by atoms with E-state index in [4.69, 9.17) is 4.74 Å². The smallest absolute Gasteiger partial charge is 1.00 e. The summed E-state index contributed by atoms with van der Waals surface area (Å²) in [5.74, 6) is -2.05. The third-order valence-corrected chi connectivity index (χ3v) is 6.45. The van der Waals surface area contributed by atoms with Crippen molar-refractivity contribution in [2.45, 2.75) is 128 Å². The fourth-order valence-electron chi connectivity index (χ4n) is 3.46. The second kappa shape index (κ2) is 21.6. The minimum atomic E-state index is -4.82. The molecule has 0 heterocycles. The van der Waals surface area contributed by atoms with Gasteiger partial charge >= 0.3 is 35.5 Å². The van der Waals surface area contributed by atoms with E-state index >= 15 is 0 Å². The molecule has 0 aliphatic heterocycles. The Hall–Kier alpha value is -0.450. The van der Waals surface area contributed by atoms with Crippen LogP contribution < -0.4 is 34.9 Å². The van der Waals surface area contributed by atoms with Gasteiger partial charge in [-0.15, -0.1) is 0 Å². The molecule has 8 nitrogen and oxygen atoms in total. The van der Waals surface area contributed by atoms with Gasteiger partial charge in [0, 0.05) is 0 Å². The summed E-state index contributed by atoms with van der Waals surface area (Å²) in [6, 6.07) is 0. The van der Waals surface area contributed by atoms with Crippen molar-refractivity contribution in [2.75, 3.05) is 6.61 Å². The topological polar surface area (TPSA) is 130 Å². The van der Waals surface area contributed by atoms with E-state index in [0.717, 1.165) is 32.1 Å². The molecule has 0 aliphatic carbocycles. The Morgan fingerprint density at radius 1 is 0.914 bits per heavy atom. The summed E-state index contributed by atoms with van der Waals surface area (Å²) >= 11 is 0. The van der Waals surface area contributed by atoms with E-state index in [1.54, 1.807) is 0 Å². The van der Waals surface area contributed by atoms with Crippen LogP contribution in [-0.4, -0.2) is 47.5 Å². The summed E-state index contributed by atoms with van der Waals surface area (Å²) in [5, 5.41) is 9.58. The number of hydrogen-bond donors (Lipinski definition) is 3. The Morgan fingerprint density at radius 2 is 1.37 bits per heavy atom. The fraction of sp³-hybridized carbons (Fsp3) is 0.840. The first-order valence-electron chi connectivity index (χ1n) is 12.8. The van der Waals surface area contributed by atoms with Gasteiger partial charge in [0.25, 0.3) is 10.1 Å². The van der Waals surface area contributed by atoms with Crippen molar-refractivity contribution in [3.05, 3.63) is 12.2 Å². The van der Waals surface area contributed by atoms with Crippen LogP contribution >= 0.6 is 0 Å². The molecule has 0 aromatic carbocycles. The number of hydrogen-bond acceptors (Lipinski definition) is 6. The van der Waals surface area contributed by atoms with Crippen molar-refractivity contribution in [1.82, 2.24) is 5.32 Å². The zero-order valence-corrected chi connectivity index (χ0v) is 25.2. The predicted molar refractivity (Wildman–Crippen MR) is 136 cm³/mol. The summed E-state index contributed by atoms with van der Waals surface area (Å²) < 4.78 is 37.1. The van der Waals surface area contributed by atoms with Crippen LogP contribution in [0.15, 0.2) is 12.2 Å². The van der Waals surface area contributed by atoms with E-state index in [0.29, 0.717) is 6.42 Å². The molecule has 0 aliphatic rings. The summed E-state index contributed by atoms with van der Waals surface area (Å²) in [6.07, 6.45) is 20.1. The van der Waals surface area contributed by atoms with Gasteiger partial charge in [0.15, 0.2) is 5.25 Å². The van der Waals surface area contributed by atoms with Gasteiger partial charge in [-0.25, -0.2) is 0 Å². The Morgan fingerprint density at radius 3 is 1.83 bits per heavy atom. The average molecular weight is 530 g/mol. The van der Waals surface area contributed by atoms with Crippen molar-refractivity contribution in [3.8, 4) is 0 Å². The van der Waals surface area contributed by atoms with E-state index in [-0.39, 0.29) is 37.6 Å². The number of carbonyl (C=O) groups excluding carboxylic acids is 2. The maximum atomic E-state index is 12.0. The molecule has 0 radical (unpaired) electrons. The molecule has 0 spiro atoms. The van der Waals surface area contributed by atoms with Gasteiger partial charge in [-0.3, -0.25) is 14.1 Å². The van der Waals surface area contributed by atoms with Gasteiger partial charge in [-0.2, -0.15) is 8.42 Å². The normalized spacial score (nSPS) is 12.8. The molecule has 1 atom stereocenters. The monoisotopic (exact) mass is 529 g/mol. The summed E-state index contributed by atoms with van der Waals surface area (Å²) in [4.78, 5) is 23.8. The Labute approximate surface area is 236 Å². The number of esters is 1. The van der Waals surface area contributed by atoms with Crippen molar-refractivity contribution >= 4 is 22.0 Å². The zero-order valence-electron chi connectivity index (χ0n) is 23.4. The number of unbranched alkanes of at least 4 members (excludes halogenated alkanes) is 12. The molecule has 0 saturated carbocycles. The molecular formula is C25H48NNaO7S. The van der Waals surface area contributed by atoms with Gasteiger partial charge in [0.05, 0.1) is 13.0 Å². The molecule has 0 rings (SSSR count). The van der Waals surface area contributed by atoms with Crippen LogP contribution in [0.25, 0.3) is 0 Å². The maximum absolute atomic E-state index is 12.0. The van der Waals surface area contributed by atoms with Crippen molar-refractivity contribution in [3.63, 3.8) is 0 Å². The van der Waals surface area contributed by atoms with Crippen LogP contribution in [0, 0.1) is 0 Å². The second-order valence-corrected chi connectivity index (χ2v) is 11.0. The molecule has 1 amide bonds. The van der Waals surface area contributed by atoms with E-state index in [1.807, 2.05) is 5.32 Å². The van der Waals surface area contributed by atoms with E-state index in [1.165, 1.54) is 65.2 Å². The zero-order chi connectivity index (χ0) is 25.9. The maximum Gasteiger partial charge on any atom is 1.00 e. The van der Waals surface area contributed by atoms with Gasteiger partial charge in [-0.1, -0.05) is 76.9 Å². The number of rotatable bonds is 21. The molecule has 0 bridgehead atoms. The largest absolute Gasteiger partial charge is 1.00 e. The fourth-order valence-corrected chi connectivity index (χ4v) is 4.14. The predicted octanol–water partition coefficient (Wildman–Crippen LogP) is 2.17. The Bertz CT molecular complexity index is 697. The Balaban J connectivity index is -0.00000544.